The molecule has 2 aromatic rings. The number of benzene rings is 1. The molecule has 1 aromatic carbocycles. The van der Waals surface area contributed by atoms with Crippen LogP contribution in [0.1, 0.15) is 5.56 Å². The Balaban J connectivity index is 1.61. The lowest BCUT2D eigenvalue weighted by atomic mass is 10.1. The molecule has 17 heavy (non-hydrogen) atoms. The highest BCUT2D eigenvalue weighted by atomic mass is 35.5. The van der Waals surface area contributed by atoms with Crippen molar-refractivity contribution in [1.82, 2.24) is 15.1 Å². The maximum atomic E-state index is 5.83. The molecule has 4 heteroatoms. The number of nitrogens with one attached hydrogen (secondary N) is 1. The topological polar surface area (TPSA) is 29.9 Å². The Morgan fingerprint density at radius 2 is 2.00 bits per heavy atom. The molecule has 2 rings (SSSR count). The summed E-state index contributed by atoms with van der Waals surface area (Å²) >= 11 is 5.83. The molecule has 0 aliphatic rings. The Kier molecular flexibility index (Phi) is 4.59. The van der Waals surface area contributed by atoms with Crippen molar-refractivity contribution in [3.8, 4) is 0 Å². The summed E-state index contributed by atoms with van der Waals surface area (Å²) in [6, 6.07) is 9.93. The summed E-state index contributed by atoms with van der Waals surface area (Å²) < 4.78 is 1.93. The molecule has 0 spiro atoms. The van der Waals surface area contributed by atoms with Gasteiger partial charge >= 0.3 is 0 Å². The first kappa shape index (κ1) is 12.1. The lowest BCUT2D eigenvalue weighted by Crippen LogP contribution is -2.22. The molecule has 0 aliphatic heterocycles. The molecule has 0 aliphatic carbocycles. The first-order valence-corrected chi connectivity index (χ1v) is 6.15. The van der Waals surface area contributed by atoms with Crippen LogP contribution in [0.15, 0.2) is 42.7 Å². The zero-order valence-electron chi connectivity index (χ0n) is 9.64. The quantitative estimate of drug-likeness (QED) is 0.797. The fourth-order valence-corrected chi connectivity index (χ4v) is 1.76. The lowest BCUT2D eigenvalue weighted by Gasteiger charge is -2.05. The van der Waals surface area contributed by atoms with Gasteiger partial charge in [0, 0.05) is 24.0 Å². The van der Waals surface area contributed by atoms with Gasteiger partial charge < -0.3 is 5.32 Å². The fraction of sp³-hybridized carbons (Fsp3) is 0.308. The van der Waals surface area contributed by atoms with Crippen LogP contribution in [0, 0.1) is 0 Å². The van der Waals surface area contributed by atoms with Crippen LogP contribution < -0.4 is 5.32 Å². The van der Waals surface area contributed by atoms with Crippen molar-refractivity contribution in [2.24, 2.45) is 0 Å². The first-order chi connectivity index (χ1) is 8.34. The minimum atomic E-state index is 0.792. The highest BCUT2D eigenvalue weighted by Gasteiger charge is 1.94. The van der Waals surface area contributed by atoms with E-state index < -0.39 is 0 Å². The van der Waals surface area contributed by atoms with Crippen LogP contribution in [0.25, 0.3) is 0 Å². The summed E-state index contributed by atoms with van der Waals surface area (Å²) in [7, 11) is 0. The van der Waals surface area contributed by atoms with Gasteiger partial charge in [0.25, 0.3) is 0 Å². The van der Waals surface area contributed by atoms with Crippen LogP contribution in [-0.4, -0.2) is 22.9 Å². The second kappa shape index (κ2) is 6.42. The first-order valence-electron chi connectivity index (χ1n) is 5.77. The van der Waals surface area contributed by atoms with Crippen molar-refractivity contribution < 1.29 is 0 Å². The molecule has 0 fully saturated rings. The van der Waals surface area contributed by atoms with E-state index in [1.165, 1.54) is 5.56 Å². The number of rotatable bonds is 6. The summed E-state index contributed by atoms with van der Waals surface area (Å²) in [4.78, 5) is 0. The summed E-state index contributed by atoms with van der Waals surface area (Å²) in [6.07, 6.45) is 4.80. The van der Waals surface area contributed by atoms with Gasteiger partial charge in [-0.05, 0) is 36.7 Å². The molecular formula is C13H16ClN3. The van der Waals surface area contributed by atoms with Gasteiger partial charge in [-0.25, -0.2) is 0 Å². The standard InChI is InChI=1S/C13H16ClN3/c14-13-4-2-12(3-5-13)6-8-15-9-11-17-10-1-7-16-17/h1-5,7,10,15H,6,8-9,11H2. The van der Waals surface area contributed by atoms with E-state index in [9.17, 15) is 0 Å². The van der Waals surface area contributed by atoms with E-state index in [1.54, 1.807) is 6.20 Å². The maximum Gasteiger partial charge on any atom is 0.0533 e. The summed E-state index contributed by atoms with van der Waals surface area (Å²) in [6.45, 7) is 2.83. The smallest absolute Gasteiger partial charge is 0.0533 e. The van der Waals surface area contributed by atoms with Crippen molar-refractivity contribution in [3.63, 3.8) is 0 Å². The number of hydrogen-bond donors (Lipinski definition) is 1. The molecule has 0 atom stereocenters. The second-order valence-electron chi connectivity index (χ2n) is 3.90. The van der Waals surface area contributed by atoms with Gasteiger partial charge in [0.2, 0.25) is 0 Å². The van der Waals surface area contributed by atoms with Crippen LogP contribution in [0.3, 0.4) is 0 Å². The third kappa shape index (κ3) is 4.21. The molecular weight excluding hydrogens is 234 g/mol. The molecule has 1 aromatic heterocycles. The predicted molar refractivity (Wildman–Crippen MR) is 70.3 cm³/mol. The van der Waals surface area contributed by atoms with E-state index in [-0.39, 0.29) is 0 Å². The Hall–Kier alpha value is -1.32. The van der Waals surface area contributed by atoms with E-state index >= 15 is 0 Å². The van der Waals surface area contributed by atoms with Crippen LogP contribution in [0.2, 0.25) is 5.02 Å². The Bertz CT molecular complexity index is 422. The van der Waals surface area contributed by atoms with Crippen molar-refractivity contribution in [3.05, 3.63) is 53.3 Å². The van der Waals surface area contributed by atoms with Crippen LogP contribution in [0.4, 0.5) is 0 Å². The number of hydrogen-bond acceptors (Lipinski definition) is 2. The SMILES string of the molecule is Clc1ccc(CCNCCn2cccn2)cc1. The molecule has 0 bridgehead atoms. The van der Waals surface area contributed by atoms with Crippen molar-refractivity contribution >= 4 is 11.6 Å². The summed E-state index contributed by atoms with van der Waals surface area (Å²) in [5, 5.41) is 8.33. The molecule has 1 N–H and O–H groups in total. The second-order valence-corrected chi connectivity index (χ2v) is 4.33. The molecule has 90 valence electrons. The van der Waals surface area contributed by atoms with Crippen LogP contribution in [-0.2, 0) is 13.0 Å². The van der Waals surface area contributed by atoms with Crippen molar-refractivity contribution in [1.29, 1.82) is 0 Å². The van der Waals surface area contributed by atoms with Gasteiger partial charge in [-0.15, -0.1) is 0 Å². The molecule has 0 unspecified atom stereocenters. The molecule has 1 heterocycles. The van der Waals surface area contributed by atoms with Crippen LogP contribution >= 0.6 is 11.6 Å². The third-order valence-corrected chi connectivity index (χ3v) is 2.83. The number of nitrogens with zero attached hydrogens (tertiary/aromatic N) is 2. The zero-order chi connectivity index (χ0) is 11.9. The van der Waals surface area contributed by atoms with E-state index in [2.05, 4.69) is 22.5 Å². The number of halogens is 1. The van der Waals surface area contributed by atoms with Crippen molar-refractivity contribution in [2.75, 3.05) is 13.1 Å². The summed E-state index contributed by atoms with van der Waals surface area (Å²) in [5.74, 6) is 0. The van der Waals surface area contributed by atoms with Gasteiger partial charge in [-0.3, -0.25) is 4.68 Å². The minimum absolute atomic E-state index is 0.792. The summed E-state index contributed by atoms with van der Waals surface area (Å²) in [5.41, 5.74) is 1.31. The van der Waals surface area contributed by atoms with Crippen LogP contribution in [0.5, 0.6) is 0 Å². The average Bonchev–Trinajstić information content (AvgIpc) is 2.84. The van der Waals surface area contributed by atoms with Gasteiger partial charge in [0.05, 0.1) is 6.54 Å². The predicted octanol–water partition coefficient (Wildman–Crippen LogP) is 2.37. The lowest BCUT2D eigenvalue weighted by molar-refractivity contribution is 0.556. The molecule has 3 nitrogen and oxygen atoms in total. The highest BCUT2D eigenvalue weighted by molar-refractivity contribution is 6.30. The zero-order valence-corrected chi connectivity index (χ0v) is 10.4. The highest BCUT2D eigenvalue weighted by Crippen LogP contribution is 2.09. The normalized spacial score (nSPS) is 10.6. The van der Waals surface area contributed by atoms with E-state index in [0.717, 1.165) is 31.1 Å². The number of aromatic nitrogens is 2. The van der Waals surface area contributed by atoms with Crippen molar-refractivity contribution in [2.45, 2.75) is 13.0 Å². The molecule has 0 saturated heterocycles. The van der Waals surface area contributed by atoms with Gasteiger partial charge in [-0.1, -0.05) is 23.7 Å². The van der Waals surface area contributed by atoms with Gasteiger partial charge in [-0.2, -0.15) is 5.10 Å². The Morgan fingerprint density at radius 1 is 1.18 bits per heavy atom. The monoisotopic (exact) mass is 249 g/mol. The Morgan fingerprint density at radius 3 is 2.71 bits per heavy atom. The van der Waals surface area contributed by atoms with E-state index in [0.29, 0.717) is 0 Å². The van der Waals surface area contributed by atoms with E-state index in [1.807, 2.05) is 29.1 Å². The molecule has 0 saturated carbocycles. The van der Waals surface area contributed by atoms with Gasteiger partial charge in [0.1, 0.15) is 0 Å². The largest absolute Gasteiger partial charge is 0.315 e. The molecule has 0 radical (unpaired) electrons. The minimum Gasteiger partial charge on any atom is -0.315 e. The van der Waals surface area contributed by atoms with E-state index in [4.69, 9.17) is 11.6 Å². The maximum absolute atomic E-state index is 5.83. The van der Waals surface area contributed by atoms with Gasteiger partial charge in [0.15, 0.2) is 0 Å². The average molecular weight is 250 g/mol. The fourth-order valence-electron chi connectivity index (χ4n) is 1.64. The molecule has 0 amide bonds. The third-order valence-electron chi connectivity index (χ3n) is 2.58. The Labute approximate surface area is 106 Å².